The van der Waals surface area contributed by atoms with Crippen molar-refractivity contribution in [3.8, 4) is 16.9 Å². The smallest absolute Gasteiger partial charge is 0.407 e. The Hall–Kier alpha value is -2.53. The summed E-state index contributed by atoms with van der Waals surface area (Å²) in [5, 5.41) is 19.3. The van der Waals surface area contributed by atoms with E-state index in [4.69, 9.17) is 4.74 Å². The van der Waals surface area contributed by atoms with E-state index >= 15 is 0 Å². The number of amides is 1. The zero-order valence-corrected chi connectivity index (χ0v) is 14.8. The van der Waals surface area contributed by atoms with Gasteiger partial charge in [0.1, 0.15) is 5.75 Å². The van der Waals surface area contributed by atoms with Gasteiger partial charge in [-0.1, -0.05) is 36.4 Å². The van der Waals surface area contributed by atoms with Crippen molar-refractivity contribution >= 4 is 6.09 Å². The molecule has 1 saturated heterocycles. The molecule has 2 aromatic carbocycles. The highest BCUT2D eigenvalue weighted by Crippen LogP contribution is 2.45. The highest BCUT2D eigenvalue weighted by Gasteiger charge is 2.39. The van der Waals surface area contributed by atoms with Crippen LogP contribution < -0.4 is 4.74 Å². The molecule has 2 N–H and O–H groups in total. The van der Waals surface area contributed by atoms with E-state index in [2.05, 4.69) is 6.07 Å². The van der Waals surface area contributed by atoms with Crippen LogP contribution >= 0.6 is 0 Å². The standard InChI is InChI=1S/C21H23NO4/c1-13(23)14-4-2-5-15(10-14)17-6-3-7-18-19-12-22(21(24)25)11-16(19)8-9-26-20(17)18/h2-7,10,13,16,19,23H,8-9,11-12H2,1H3,(H,24,25)/t13-,16?,19?/m0/s1. The van der Waals surface area contributed by atoms with Gasteiger partial charge in [0.05, 0.1) is 12.7 Å². The summed E-state index contributed by atoms with van der Waals surface area (Å²) in [5.74, 6) is 1.32. The summed E-state index contributed by atoms with van der Waals surface area (Å²) < 4.78 is 6.14. The van der Waals surface area contributed by atoms with Gasteiger partial charge in [-0.2, -0.15) is 0 Å². The molecule has 1 fully saturated rings. The average molecular weight is 353 g/mol. The van der Waals surface area contributed by atoms with Crippen molar-refractivity contribution in [2.45, 2.75) is 25.4 Å². The second-order valence-electron chi connectivity index (χ2n) is 7.22. The number of carboxylic acid groups (broad SMARTS) is 1. The number of para-hydroxylation sites is 1. The lowest BCUT2D eigenvalue weighted by Gasteiger charge is -2.19. The predicted molar refractivity (Wildman–Crippen MR) is 98.5 cm³/mol. The third kappa shape index (κ3) is 2.92. The molecule has 136 valence electrons. The van der Waals surface area contributed by atoms with Gasteiger partial charge in [0.15, 0.2) is 0 Å². The van der Waals surface area contributed by atoms with E-state index in [1.165, 1.54) is 4.90 Å². The molecule has 2 unspecified atom stereocenters. The number of carbonyl (C=O) groups is 1. The predicted octanol–water partition coefficient (Wildman–Crippen LogP) is 3.88. The summed E-state index contributed by atoms with van der Waals surface area (Å²) in [6, 6.07) is 14.0. The first kappa shape index (κ1) is 16.9. The molecule has 0 radical (unpaired) electrons. The van der Waals surface area contributed by atoms with Gasteiger partial charge in [-0.3, -0.25) is 0 Å². The summed E-state index contributed by atoms with van der Waals surface area (Å²) >= 11 is 0. The Morgan fingerprint density at radius 1 is 1.23 bits per heavy atom. The lowest BCUT2D eigenvalue weighted by molar-refractivity contribution is 0.152. The molecule has 4 rings (SSSR count). The number of aliphatic hydroxyl groups excluding tert-OH is 1. The molecule has 1 amide bonds. The fourth-order valence-electron chi connectivity index (χ4n) is 4.19. The van der Waals surface area contributed by atoms with Crippen LogP contribution in [0, 0.1) is 5.92 Å². The highest BCUT2D eigenvalue weighted by molar-refractivity contribution is 5.74. The van der Waals surface area contributed by atoms with Gasteiger partial charge in [0.25, 0.3) is 0 Å². The molecule has 0 bridgehead atoms. The minimum absolute atomic E-state index is 0.170. The molecular formula is C21H23NO4. The number of benzene rings is 2. The summed E-state index contributed by atoms with van der Waals surface area (Å²) in [4.78, 5) is 12.9. The zero-order valence-electron chi connectivity index (χ0n) is 14.8. The topological polar surface area (TPSA) is 70.0 Å². The number of likely N-dealkylation sites (tertiary alicyclic amines) is 1. The van der Waals surface area contributed by atoms with Crippen LogP contribution in [0.1, 0.15) is 36.5 Å². The van der Waals surface area contributed by atoms with Crippen LogP contribution in [0.15, 0.2) is 42.5 Å². The number of ether oxygens (including phenoxy) is 1. The molecule has 0 spiro atoms. The first-order valence-corrected chi connectivity index (χ1v) is 9.06. The Labute approximate surface area is 152 Å². The van der Waals surface area contributed by atoms with E-state index in [0.29, 0.717) is 25.6 Å². The molecule has 5 heteroatoms. The maximum absolute atomic E-state index is 11.4. The maximum Gasteiger partial charge on any atom is 0.407 e. The Bertz CT molecular complexity index is 833. The molecule has 2 aliphatic heterocycles. The van der Waals surface area contributed by atoms with E-state index in [0.717, 1.165) is 34.4 Å². The fourth-order valence-corrected chi connectivity index (χ4v) is 4.19. The Morgan fingerprint density at radius 2 is 2.04 bits per heavy atom. The minimum Gasteiger partial charge on any atom is -0.493 e. The van der Waals surface area contributed by atoms with Crippen LogP contribution in [-0.2, 0) is 0 Å². The minimum atomic E-state index is -0.846. The molecule has 2 aromatic rings. The van der Waals surface area contributed by atoms with E-state index in [9.17, 15) is 15.0 Å². The van der Waals surface area contributed by atoms with Crippen molar-refractivity contribution in [2.75, 3.05) is 19.7 Å². The van der Waals surface area contributed by atoms with Crippen LogP contribution in [-0.4, -0.2) is 40.9 Å². The number of nitrogens with zero attached hydrogens (tertiary/aromatic N) is 1. The molecule has 0 saturated carbocycles. The number of rotatable bonds is 2. The van der Waals surface area contributed by atoms with Gasteiger partial charge in [0, 0.05) is 24.6 Å². The van der Waals surface area contributed by atoms with Crippen LogP contribution in [0.5, 0.6) is 5.75 Å². The van der Waals surface area contributed by atoms with E-state index in [-0.39, 0.29) is 5.92 Å². The van der Waals surface area contributed by atoms with Crippen molar-refractivity contribution in [3.63, 3.8) is 0 Å². The molecular weight excluding hydrogens is 330 g/mol. The lowest BCUT2D eigenvalue weighted by Crippen LogP contribution is -2.27. The molecule has 5 nitrogen and oxygen atoms in total. The Balaban J connectivity index is 1.77. The molecule has 26 heavy (non-hydrogen) atoms. The second kappa shape index (κ2) is 6.65. The normalized spacial score (nSPS) is 22.8. The zero-order chi connectivity index (χ0) is 18.3. The highest BCUT2D eigenvalue weighted by atomic mass is 16.5. The molecule has 0 aliphatic carbocycles. The van der Waals surface area contributed by atoms with Crippen LogP contribution in [0.2, 0.25) is 0 Å². The van der Waals surface area contributed by atoms with Crippen LogP contribution in [0.25, 0.3) is 11.1 Å². The number of hydrogen-bond donors (Lipinski definition) is 2. The summed E-state index contributed by atoms with van der Waals surface area (Å²) in [6.45, 7) is 3.44. The van der Waals surface area contributed by atoms with Gasteiger partial charge in [-0.15, -0.1) is 0 Å². The summed E-state index contributed by atoms with van der Waals surface area (Å²) in [6.07, 6.45) is -0.515. The average Bonchev–Trinajstić information content (AvgIpc) is 2.98. The maximum atomic E-state index is 11.4. The van der Waals surface area contributed by atoms with Gasteiger partial charge in [0.2, 0.25) is 0 Å². The van der Waals surface area contributed by atoms with Crippen molar-refractivity contribution in [2.24, 2.45) is 5.92 Å². The van der Waals surface area contributed by atoms with E-state index in [1.54, 1.807) is 6.92 Å². The molecule has 2 heterocycles. The van der Waals surface area contributed by atoms with E-state index in [1.807, 2.05) is 36.4 Å². The molecule has 0 aromatic heterocycles. The van der Waals surface area contributed by atoms with Crippen molar-refractivity contribution in [1.29, 1.82) is 0 Å². The van der Waals surface area contributed by atoms with Gasteiger partial charge in [-0.25, -0.2) is 4.79 Å². The van der Waals surface area contributed by atoms with Gasteiger partial charge < -0.3 is 19.8 Å². The fraction of sp³-hybridized carbons (Fsp3) is 0.381. The molecule has 3 atom stereocenters. The SMILES string of the molecule is C[C@H](O)c1cccc(-c2cccc3c2OCCC2CN(C(=O)O)CC32)c1. The largest absolute Gasteiger partial charge is 0.493 e. The quantitative estimate of drug-likeness (QED) is 0.859. The van der Waals surface area contributed by atoms with Crippen LogP contribution in [0.4, 0.5) is 4.79 Å². The first-order chi connectivity index (χ1) is 12.5. The number of fused-ring (bicyclic) bond motifs is 3. The summed E-state index contributed by atoms with van der Waals surface area (Å²) in [5.41, 5.74) is 3.96. The number of aliphatic hydroxyl groups is 1. The second-order valence-corrected chi connectivity index (χ2v) is 7.22. The number of hydrogen-bond acceptors (Lipinski definition) is 3. The summed E-state index contributed by atoms with van der Waals surface area (Å²) in [7, 11) is 0. The third-order valence-electron chi connectivity index (χ3n) is 5.57. The van der Waals surface area contributed by atoms with Crippen molar-refractivity contribution in [3.05, 3.63) is 53.6 Å². The van der Waals surface area contributed by atoms with Gasteiger partial charge >= 0.3 is 6.09 Å². The first-order valence-electron chi connectivity index (χ1n) is 9.06. The Kier molecular flexibility index (Phi) is 4.32. The molecule has 2 aliphatic rings. The van der Waals surface area contributed by atoms with E-state index < -0.39 is 12.2 Å². The van der Waals surface area contributed by atoms with Crippen LogP contribution in [0.3, 0.4) is 0 Å². The van der Waals surface area contributed by atoms with Gasteiger partial charge in [-0.05, 0) is 42.0 Å². The monoisotopic (exact) mass is 353 g/mol. The van der Waals surface area contributed by atoms with Crippen molar-refractivity contribution in [1.82, 2.24) is 4.90 Å². The van der Waals surface area contributed by atoms with Crippen molar-refractivity contribution < 1.29 is 19.7 Å². The third-order valence-corrected chi connectivity index (χ3v) is 5.57. The lowest BCUT2D eigenvalue weighted by atomic mass is 9.85. The Morgan fingerprint density at radius 3 is 2.81 bits per heavy atom.